The highest BCUT2D eigenvalue weighted by Crippen LogP contribution is 2.43. The van der Waals surface area contributed by atoms with E-state index in [1.54, 1.807) is 6.92 Å². The molecule has 22 heavy (non-hydrogen) atoms. The third-order valence-electron chi connectivity index (χ3n) is 3.40. The Morgan fingerprint density at radius 3 is 2.45 bits per heavy atom. The molecule has 1 aromatic heterocycles. The first kappa shape index (κ1) is 16.7. The number of aryl methyl sites for hydroxylation is 1. The van der Waals surface area contributed by atoms with E-state index in [2.05, 4.69) is 10.2 Å². The molecule has 0 saturated carbocycles. The van der Waals surface area contributed by atoms with Gasteiger partial charge in [0.25, 0.3) is 15.7 Å². The first-order valence-electron chi connectivity index (χ1n) is 6.36. The number of hydrogen-bond donors (Lipinski definition) is 1. The summed E-state index contributed by atoms with van der Waals surface area (Å²) in [5.74, 6) is 0. The van der Waals surface area contributed by atoms with E-state index in [-0.39, 0.29) is 15.8 Å². The standard InChI is InChI=1S/C11H15F3N4O3S/c1-4-17-8(3)9(6-15-17)22(20,21)18-10(19,11(12,13)14)5-7(2)16-18/h6,19H,4-5H2,1-3H3. The highest BCUT2D eigenvalue weighted by atomic mass is 32.2. The molecule has 1 unspecified atom stereocenters. The quantitative estimate of drug-likeness (QED) is 0.896. The molecule has 124 valence electrons. The Labute approximate surface area is 125 Å². The van der Waals surface area contributed by atoms with E-state index in [9.17, 15) is 26.7 Å². The molecule has 1 aliphatic rings. The molecule has 7 nitrogen and oxygen atoms in total. The Morgan fingerprint density at radius 2 is 2.00 bits per heavy atom. The zero-order chi connectivity index (χ0) is 16.9. The zero-order valence-electron chi connectivity index (χ0n) is 12.1. The van der Waals surface area contributed by atoms with Crippen LogP contribution in [0.15, 0.2) is 16.2 Å². The normalized spacial score (nSPS) is 23.0. The molecule has 0 spiro atoms. The van der Waals surface area contributed by atoms with Crippen molar-refractivity contribution in [2.24, 2.45) is 5.10 Å². The minimum Gasteiger partial charge on any atom is -0.361 e. The Bertz CT molecular complexity index is 725. The maximum Gasteiger partial charge on any atom is 0.439 e. The lowest BCUT2D eigenvalue weighted by molar-refractivity contribution is -0.291. The van der Waals surface area contributed by atoms with Crippen molar-refractivity contribution in [2.75, 3.05) is 0 Å². The summed E-state index contributed by atoms with van der Waals surface area (Å²) in [5.41, 5.74) is -3.55. The summed E-state index contributed by atoms with van der Waals surface area (Å²) in [5, 5.41) is 17.1. The second-order valence-electron chi connectivity index (χ2n) is 4.98. The van der Waals surface area contributed by atoms with Crippen molar-refractivity contribution in [1.29, 1.82) is 0 Å². The number of nitrogens with zero attached hydrogens (tertiary/aromatic N) is 4. The average Bonchev–Trinajstić information content (AvgIpc) is 2.90. The molecular formula is C11H15F3N4O3S. The van der Waals surface area contributed by atoms with Crippen LogP contribution in [-0.2, 0) is 16.6 Å². The van der Waals surface area contributed by atoms with Crippen LogP contribution in [0.1, 0.15) is 26.0 Å². The molecule has 11 heteroatoms. The molecular weight excluding hydrogens is 325 g/mol. The molecule has 0 radical (unpaired) electrons. The summed E-state index contributed by atoms with van der Waals surface area (Å²) in [6.45, 7) is 4.70. The number of rotatable bonds is 3. The van der Waals surface area contributed by atoms with E-state index in [1.165, 1.54) is 18.5 Å². The van der Waals surface area contributed by atoms with E-state index in [1.807, 2.05) is 0 Å². The van der Waals surface area contributed by atoms with Crippen molar-refractivity contribution in [3.63, 3.8) is 0 Å². The van der Waals surface area contributed by atoms with Crippen LogP contribution in [0.3, 0.4) is 0 Å². The summed E-state index contributed by atoms with van der Waals surface area (Å²) >= 11 is 0. The number of sulfonamides is 1. The van der Waals surface area contributed by atoms with Crippen molar-refractivity contribution < 1.29 is 26.7 Å². The van der Waals surface area contributed by atoms with Gasteiger partial charge in [0.2, 0.25) is 0 Å². The molecule has 1 atom stereocenters. The van der Waals surface area contributed by atoms with Gasteiger partial charge in [-0.15, -0.1) is 4.41 Å². The van der Waals surface area contributed by atoms with Gasteiger partial charge in [0, 0.05) is 18.7 Å². The summed E-state index contributed by atoms with van der Waals surface area (Å²) in [7, 11) is -4.69. The second kappa shape index (κ2) is 4.95. The van der Waals surface area contributed by atoms with Crippen LogP contribution < -0.4 is 0 Å². The van der Waals surface area contributed by atoms with Gasteiger partial charge in [0.15, 0.2) is 0 Å². The number of aromatic nitrogens is 2. The van der Waals surface area contributed by atoms with Crippen molar-refractivity contribution >= 4 is 15.7 Å². The Kier molecular flexibility index (Phi) is 3.77. The summed E-state index contributed by atoms with van der Waals surface area (Å²) < 4.78 is 65.5. The van der Waals surface area contributed by atoms with E-state index < -0.39 is 33.2 Å². The molecule has 0 aromatic carbocycles. The summed E-state index contributed by atoms with van der Waals surface area (Å²) in [6.07, 6.45) is -5.17. The van der Waals surface area contributed by atoms with Gasteiger partial charge in [-0.3, -0.25) is 4.68 Å². The number of halogens is 3. The van der Waals surface area contributed by atoms with Crippen LogP contribution in [0.25, 0.3) is 0 Å². The van der Waals surface area contributed by atoms with Crippen LogP contribution >= 0.6 is 0 Å². The predicted octanol–water partition coefficient (Wildman–Crippen LogP) is 1.23. The van der Waals surface area contributed by atoms with Crippen molar-refractivity contribution in [3.8, 4) is 0 Å². The van der Waals surface area contributed by atoms with Gasteiger partial charge in [-0.05, 0) is 20.8 Å². The maximum atomic E-state index is 13.1. The first-order valence-corrected chi connectivity index (χ1v) is 7.80. The molecule has 1 aromatic rings. The number of hydrazone groups is 1. The zero-order valence-corrected chi connectivity index (χ0v) is 12.9. The number of hydrogen-bond acceptors (Lipinski definition) is 5. The van der Waals surface area contributed by atoms with Crippen molar-refractivity contribution in [2.45, 2.75) is 50.5 Å². The van der Waals surface area contributed by atoms with E-state index in [0.29, 0.717) is 6.54 Å². The first-order chi connectivity index (χ1) is 9.95. The molecule has 2 rings (SSSR count). The lowest BCUT2D eigenvalue weighted by Gasteiger charge is -2.32. The fourth-order valence-corrected chi connectivity index (χ4v) is 3.91. The van der Waals surface area contributed by atoms with Crippen molar-refractivity contribution in [1.82, 2.24) is 14.2 Å². The fraction of sp³-hybridized carbons (Fsp3) is 0.636. The Balaban J connectivity index is 2.59. The average molecular weight is 340 g/mol. The van der Waals surface area contributed by atoms with E-state index in [0.717, 1.165) is 6.20 Å². The molecule has 2 heterocycles. The van der Waals surface area contributed by atoms with Crippen LogP contribution in [0.5, 0.6) is 0 Å². The molecule has 0 saturated heterocycles. The van der Waals surface area contributed by atoms with E-state index in [4.69, 9.17) is 0 Å². The molecule has 0 bridgehead atoms. The van der Waals surface area contributed by atoms with Gasteiger partial charge in [-0.2, -0.15) is 31.8 Å². The minimum atomic E-state index is -5.18. The van der Waals surface area contributed by atoms with Crippen LogP contribution in [-0.4, -0.2) is 45.3 Å². The van der Waals surface area contributed by atoms with Gasteiger partial charge in [0.1, 0.15) is 4.90 Å². The molecule has 0 aliphatic carbocycles. The minimum absolute atomic E-state index is 0.135. The van der Waals surface area contributed by atoms with Crippen molar-refractivity contribution in [3.05, 3.63) is 11.9 Å². The Hall–Kier alpha value is -1.62. The fourth-order valence-electron chi connectivity index (χ4n) is 2.25. The molecule has 0 fully saturated rings. The summed E-state index contributed by atoms with van der Waals surface area (Å²) in [4.78, 5) is -0.421. The number of aliphatic hydroxyl groups is 1. The van der Waals surface area contributed by atoms with Crippen LogP contribution in [0, 0.1) is 6.92 Å². The monoisotopic (exact) mass is 340 g/mol. The highest BCUT2D eigenvalue weighted by Gasteiger charge is 2.64. The van der Waals surface area contributed by atoms with Crippen LogP contribution in [0.4, 0.5) is 13.2 Å². The molecule has 1 N–H and O–H groups in total. The smallest absolute Gasteiger partial charge is 0.361 e. The third kappa shape index (κ3) is 2.28. The van der Waals surface area contributed by atoms with Gasteiger partial charge in [0.05, 0.1) is 11.9 Å². The van der Waals surface area contributed by atoms with Gasteiger partial charge >= 0.3 is 6.18 Å². The highest BCUT2D eigenvalue weighted by molar-refractivity contribution is 7.89. The maximum absolute atomic E-state index is 13.1. The number of alkyl halides is 3. The second-order valence-corrected chi connectivity index (χ2v) is 6.72. The Morgan fingerprint density at radius 1 is 1.41 bits per heavy atom. The van der Waals surface area contributed by atoms with E-state index >= 15 is 0 Å². The van der Waals surface area contributed by atoms with Crippen LogP contribution in [0.2, 0.25) is 0 Å². The largest absolute Gasteiger partial charge is 0.439 e. The molecule has 1 aliphatic heterocycles. The van der Waals surface area contributed by atoms with Gasteiger partial charge < -0.3 is 5.11 Å². The lowest BCUT2D eigenvalue weighted by atomic mass is 10.1. The van der Waals surface area contributed by atoms with Gasteiger partial charge in [-0.1, -0.05) is 0 Å². The topological polar surface area (TPSA) is 87.8 Å². The third-order valence-corrected chi connectivity index (χ3v) is 5.19. The lowest BCUT2D eigenvalue weighted by Crippen LogP contribution is -2.56. The SMILES string of the molecule is CCn1ncc(S(=O)(=O)N2N=C(C)CC2(O)C(F)(F)F)c1C. The summed E-state index contributed by atoms with van der Waals surface area (Å²) in [6, 6.07) is 0. The predicted molar refractivity (Wildman–Crippen MR) is 70.4 cm³/mol. The van der Waals surface area contributed by atoms with Gasteiger partial charge in [-0.25, -0.2) is 0 Å². The molecule has 0 amide bonds.